The molecule has 1 aliphatic carbocycles. The van der Waals surface area contributed by atoms with Gasteiger partial charge >= 0.3 is 0 Å². The number of hydrogen-bond donors (Lipinski definition) is 2. The molecule has 0 radical (unpaired) electrons. The Morgan fingerprint density at radius 2 is 2.17 bits per heavy atom. The first-order valence-electron chi connectivity index (χ1n) is 6.20. The molecule has 0 aliphatic heterocycles. The molecular formula is C13H19NO3S. The van der Waals surface area contributed by atoms with Crippen LogP contribution in [0.25, 0.3) is 0 Å². The fraction of sp³-hybridized carbons (Fsp3) is 0.538. The lowest BCUT2D eigenvalue weighted by Crippen LogP contribution is -2.27. The number of aryl methyl sites for hydroxylation is 1. The van der Waals surface area contributed by atoms with E-state index in [1.165, 1.54) is 0 Å². The Morgan fingerprint density at radius 3 is 2.72 bits per heavy atom. The summed E-state index contributed by atoms with van der Waals surface area (Å²) >= 11 is 0. The van der Waals surface area contributed by atoms with Gasteiger partial charge in [0.15, 0.2) is 0 Å². The summed E-state index contributed by atoms with van der Waals surface area (Å²) < 4.78 is 27.2. The smallest absolute Gasteiger partial charge is 0.241 e. The van der Waals surface area contributed by atoms with Gasteiger partial charge in [0.05, 0.1) is 11.5 Å². The van der Waals surface area contributed by atoms with Gasteiger partial charge in [-0.05, 0) is 36.5 Å². The van der Waals surface area contributed by atoms with Gasteiger partial charge in [-0.15, -0.1) is 0 Å². The molecule has 0 spiro atoms. The minimum atomic E-state index is -3.46. The highest BCUT2D eigenvalue weighted by Crippen LogP contribution is 2.34. The molecule has 0 bridgehead atoms. The first-order chi connectivity index (χ1) is 8.47. The van der Waals surface area contributed by atoms with Gasteiger partial charge in [-0.25, -0.2) is 13.1 Å². The van der Waals surface area contributed by atoms with Gasteiger partial charge in [0.2, 0.25) is 10.0 Å². The number of aliphatic hydroxyl groups is 1. The highest BCUT2D eigenvalue weighted by molar-refractivity contribution is 7.89. The summed E-state index contributed by atoms with van der Waals surface area (Å²) in [6, 6.07) is 5.09. The van der Waals surface area contributed by atoms with Gasteiger partial charge in [-0.3, -0.25) is 0 Å². The van der Waals surface area contributed by atoms with Gasteiger partial charge in [-0.2, -0.15) is 0 Å². The molecule has 2 atom stereocenters. The van der Waals surface area contributed by atoms with Crippen LogP contribution >= 0.6 is 0 Å². The van der Waals surface area contributed by atoms with Crippen molar-refractivity contribution in [3.63, 3.8) is 0 Å². The molecule has 2 unspecified atom stereocenters. The second-order valence-corrected chi connectivity index (χ2v) is 6.57. The molecule has 1 fully saturated rings. The van der Waals surface area contributed by atoms with Crippen LogP contribution in [0.3, 0.4) is 0 Å². The number of nitrogens with one attached hydrogen (secondary N) is 1. The van der Waals surface area contributed by atoms with Gasteiger partial charge in [0, 0.05) is 6.04 Å². The van der Waals surface area contributed by atoms with Gasteiger partial charge in [0.25, 0.3) is 0 Å². The van der Waals surface area contributed by atoms with Crippen LogP contribution in [-0.4, -0.2) is 19.6 Å². The summed E-state index contributed by atoms with van der Waals surface area (Å²) in [5, 5.41) is 9.08. The van der Waals surface area contributed by atoms with E-state index < -0.39 is 10.0 Å². The Bertz CT molecular complexity index is 539. The van der Waals surface area contributed by atoms with Crippen LogP contribution in [-0.2, 0) is 16.6 Å². The van der Waals surface area contributed by atoms with Crippen molar-refractivity contribution < 1.29 is 13.5 Å². The molecule has 0 heterocycles. The number of aliphatic hydroxyl groups excluding tert-OH is 1. The lowest BCUT2D eigenvalue weighted by molar-refractivity contribution is 0.281. The molecule has 0 saturated heterocycles. The minimum absolute atomic E-state index is 0.0807. The second kappa shape index (κ2) is 4.99. The third kappa shape index (κ3) is 2.74. The Hall–Kier alpha value is -0.910. The van der Waals surface area contributed by atoms with Crippen LogP contribution < -0.4 is 4.72 Å². The Morgan fingerprint density at radius 1 is 1.44 bits per heavy atom. The topological polar surface area (TPSA) is 66.4 Å². The zero-order valence-corrected chi connectivity index (χ0v) is 11.5. The van der Waals surface area contributed by atoms with E-state index in [2.05, 4.69) is 11.6 Å². The third-order valence-corrected chi connectivity index (χ3v) is 5.11. The molecule has 2 N–H and O–H groups in total. The average Bonchev–Trinajstić information content (AvgIpc) is 3.07. The lowest BCUT2D eigenvalue weighted by Gasteiger charge is -2.10. The number of sulfonamides is 1. The predicted octanol–water partition coefficient (Wildman–Crippen LogP) is 1.56. The molecular weight excluding hydrogens is 250 g/mol. The molecule has 0 aromatic heterocycles. The third-order valence-electron chi connectivity index (χ3n) is 3.48. The number of benzene rings is 1. The Labute approximate surface area is 108 Å². The van der Waals surface area contributed by atoms with Gasteiger partial charge in [0.1, 0.15) is 0 Å². The summed E-state index contributed by atoms with van der Waals surface area (Å²) in [4.78, 5) is 0.274. The van der Waals surface area contributed by atoms with Crippen molar-refractivity contribution in [3.8, 4) is 0 Å². The number of rotatable bonds is 5. The standard InChI is InChI=1S/C13H19NO3S/c1-3-11-7-12(11)14-18(16,17)13-6-10(8-15)5-4-9(13)2/h4-6,11-12,14-15H,3,7-8H2,1-2H3. The first-order valence-corrected chi connectivity index (χ1v) is 7.69. The fourth-order valence-electron chi connectivity index (χ4n) is 2.14. The van der Waals surface area contributed by atoms with Crippen molar-refractivity contribution >= 4 is 10.0 Å². The van der Waals surface area contributed by atoms with Crippen molar-refractivity contribution in [1.82, 2.24) is 4.72 Å². The maximum atomic E-state index is 12.2. The monoisotopic (exact) mass is 269 g/mol. The molecule has 1 aromatic carbocycles. The van der Waals surface area contributed by atoms with Crippen molar-refractivity contribution in [1.29, 1.82) is 0 Å². The largest absolute Gasteiger partial charge is 0.392 e. The Balaban J connectivity index is 2.24. The highest BCUT2D eigenvalue weighted by atomic mass is 32.2. The molecule has 2 rings (SSSR count). The van der Waals surface area contributed by atoms with Crippen LogP contribution in [0.5, 0.6) is 0 Å². The van der Waals surface area contributed by atoms with E-state index in [9.17, 15) is 8.42 Å². The molecule has 100 valence electrons. The summed E-state index contributed by atoms with van der Waals surface area (Å²) in [7, 11) is -3.46. The Kier molecular flexibility index (Phi) is 3.75. The van der Waals surface area contributed by atoms with Crippen LogP contribution in [0.15, 0.2) is 23.1 Å². The van der Waals surface area contributed by atoms with Crippen molar-refractivity contribution in [2.75, 3.05) is 0 Å². The molecule has 0 amide bonds. The first kappa shape index (κ1) is 13.5. The maximum Gasteiger partial charge on any atom is 0.241 e. The highest BCUT2D eigenvalue weighted by Gasteiger charge is 2.38. The van der Waals surface area contributed by atoms with E-state index in [1.54, 1.807) is 25.1 Å². The van der Waals surface area contributed by atoms with E-state index >= 15 is 0 Å². The zero-order chi connectivity index (χ0) is 13.3. The van der Waals surface area contributed by atoms with Crippen molar-refractivity contribution in [3.05, 3.63) is 29.3 Å². The van der Waals surface area contributed by atoms with Gasteiger partial charge in [-0.1, -0.05) is 25.5 Å². The normalized spacial score (nSPS) is 23.1. The minimum Gasteiger partial charge on any atom is -0.392 e. The van der Waals surface area contributed by atoms with E-state index in [0.717, 1.165) is 12.8 Å². The van der Waals surface area contributed by atoms with E-state index in [1.807, 2.05) is 0 Å². The summed E-state index contributed by atoms with van der Waals surface area (Å²) in [5.41, 5.74) is 1.32. The average molecular weight is 269 g/mol. The quantitative estimate of drug-likeness (QED) is 0.852. The van der Waals surface area contributed by atoms with Crippen LogP contribution in [0.4, 0.5) is 0 Å². The SMILES string of the molecule is CCC1CC1NS(=O)(=O)c1cc(CO)ccc1C. The summed E-state index contributed by atoms with van der Waals surface area (Å²) in [6.45, 7) is 3.68. The fourth-order valence-corrected chi connectivity index (χ4v) is 3.75. The zero-order valence-electron chi connectivity index (χ0n) is 10.7. The summed E-state index contributed by atoms with van der Waals surface area (Å²) in [6.07, 6.45) is 1.93. The van der Waals surface area contributed by atoms with E-state index in [-0.39, 0.29) is 17.5 Å². The van der Waals surface area contributed by atoms with Gasteiger partial charge < -0.3 is 5.11 Å². The van der Waals surface area contributed by atoms with E-state index in [0.29, 0.717) is 17.0 Å². The number of hydrogen-bond acceptors (Lipinski definition) is 3. The molecule has 1 aromatic rings. The molecule has 18 heavy (non-hydrogen) atoms. The second-order valence-electron chi connectivity index (χ2n) is 4.89. The molecule has 1 saturated carbocycles. The maximum absolute atomic E-state index is 12.2. The van der Waals surface area contributed by atoms with Crippen molar-refractivity contribution in [2.24, 2.45) is 5.92 Å². The molecule has 5 heteroatoms. The van der Waals surface area contributed by atoms with E-state index in [4.69, 9.17) is 5.11 Å². The molecule has 4 nitrogen and oxygen atoms in total. The van der Waals surface area contributed by atoms with Crippen LogP contribution in [0.2, 0.25) is 0 Å². The van der Waals surface area contributed by atoms with Crippen LogP contribution in [0, 0.1) is 12.8 Å². The molecule has 1 aliphatic rings. The van der Waals surface area contributed by atoms with Crippen LogP contribution in [0.1, 0.15) is 30.9 Å². The van der Waals surface area contributed by atoms with Crippen molar-refractivity contribution in [2.45, 2.75) is 44.2 Å². The lowest BCUT2D eigenvalue weighted by atomic mass is 10.2. The summed E-state index contributed by atoms with van der Waals surface area (Å²) in [5.74, 6) is 0.473. The predicted molar refractivity (Wildman–Crippen MR) is 69.6 cm³/mol.